The van der Waals surface area contributed by atoms with Crippen LogP contribution in [0.4, 0.5) is 5.82 Å². The fourth-order valence-corrected chi connectivity index (χ4v) is 1.84. The maximum Gasteiger partial charge on any atom is 0.256 e. The molecule has 1 N–H and O–H groups in total. The maximum absolute atomic E-state index is 12.0. The minimum atomic E-state index is -0.184. The lowest BCUT2D eigenvalue weighted by Crippen LogP contribution is -2.13. The third-order valence-corrected chi connectivity index (χ3v) is 3.76. The molecule has 2 aromatic rings. The first-order valence-corrected chi connectivity index (χ1v) is 6.76. The van der Waals surface area contributed by atoms with Gasteiger partial charge in [-0.15, -0.1) is 0 Å². The number of hydrogen-bond donors (Lipinski definition) is 1. The van der Waals surface area contributed by atoms with Gasteiger partial charge in [0.1, 0.15) is 11.6 Å². The zero-order valence-corrected chi connectivity index (χ0v) is 12.8. The molecule has 0 aliphatic rings. The molecule has 0 atom stereocenters. The van der Waals surface area contributed by atoms with E-state index < -0.39 is 0 Å². The van der Waals surface area contributed by atoms with Gasteiger partial charge in [-0.1, -0.05) is 0 Å². The fourth-order valence-electron chi connectivity index (χ4n) is 1.54. The summed E-state index contributed by atoms with van der Waals surface area (Å²) >= 11 is 2.20. The Labute approximate surface area is 125 Å². The second-order valence-electron chi connectivity index (χ2n) is 3.95. The summed E-state index contributed by atoms with van der Waals surface area (Å²) < 4.78 is 6.12. The second kappa shape index (κ2) is 6.01. The zero-order valence-electron chi connectivity index (χ0n) is 10.6. The standard InChI is InChI=1S/C14H13IN2O2/c1-9-12(15)7-8-13(16-9)17-14(18)10-3-5-11(19-2)6-4-10/h3-8H,1-2H3,(H,16,17,18). The number of anilines is 1. The van der Waals surface area contributed by atoms with Gasteiger partial charge in [-0.05, 0) is 65.9 Å². The van der Waals surface area contributed by atoms with Crippen LogP contribution in [0.3, 0.4) is 0 Å². The van der Waals surface area contributed by atoms with Gasteiger partial charge in [0.25, 0.3) is 5.91 Å². The Morgan fingerprint density at radius 2 is 1.89 bits per heavy atom. The SMILES string of the molecule is COc1ccc(C(=O)Nc2ccc(I)c(C)n2)cc1. The second-order valence-corrected chi connectivity index (χ2v) is 5.11. The summed E-state index contributed by atoms with van der Waals surface area (Å²) in [5.41, 5.74) is 1.46. The quantitative estimate of drug-likeness (QED) is 0.847. The van der Waals surface area contributed by atoms with E-state index in [0.29, 0.717) is 11.4 Å². The molecule has 98 valence electrons. The van der Waals surface area contributed by atoms with Crippen molar-refractivity contribution in [2.24, 2.45) is 0 Å². The number of nitrogens with zero attached hydrogens (tertiary/aromatic N) is 1. The molecule has 1 heterocycles. The average Bonchev–Trinajstić information content (AvgIpc) is 2.43. The van der Waals surface area contributed by atoms with E-state index in [2.05, 4.69) is 32.9 Å². The monoisotopic (exact) mass is 368 g/mol. The van der Waals surface area contributed by atoms with E-state index in [-0.39, 0.29) is 5.91 Å². The normalized spacial score (nSPS) is 10.1. The molecule has 0 radical (unpaired) electrons. The van der Waals surface area contributed by atoms with E-state index in [9.17, 15) is 4.79 Å². The van der Waals surface area contributed by atoms with Gasteiger partial charge in [-0.3, -0.25) is 4.79 Å². The molecule has 0 aliphatic carbocycles. The molecule has 1 aromatic heterocycles. The summed E-state index contributed by atoms with van der Waals surface area (Å²) in [6.07, 6.45) is 0. The number of carbonyl (C=O) groups is 1. The Kier molecular flexibility index (Phi) is 4.36. The predicted octanol–water partition coefficient (Wildman–Crippen LogP) is 3.26. The number of halogens is 1. The number of benzene rings is 1. The minimum absolute atomic E-state index is 0.184. The predicted molar refractivity (Wildman–Crippen MR) is 82.6 cm³/mol. The highest BCUT2D eigenvalue weighted by Gasteiger charge is 2.07. The Morgan fingerprint density at radius 3 is 2.47 bits per heavy atom. The van der Waals surface area contributed by atoms with Crippen LogP contribution in [-0.2, 0) is 0 Å². The van der Waals surface area contributed by atoms with Crippen LogP contribution < -0.4 is 10.1 Å². The number of nitrogens with one attached hydrogen (secondary N) is 1. The molecular formula is C14H13IN2O2. The van der Waals surface area contributed by atoms with Crippen molar-refractivity contribution in [3.05, 3.63) is 51.2 Å². The van der Waals surface area contributed by atoms with Crippen molar-refractivity contribution in [1.29, 1.82) is 0 Å². The first kappa shape index (κ1) is 13.8. The number of hydrogen-bond acceptors (Lipinski definition) is 3. The van der Waals surface area contributed by atoms with Crippen molar-refractivity contribution in [1.82, 2.24) is 4.98 Å². The largest absolute Gasteiger partial charge is 0.497 e. The number of aromatic nitrogens is 1. The van der Waals surface area contributed by atoms with Gasteiger partial charge in [-0.2, -0.15) is 0 Å². The highest BCUT2D eigenvalue weighted by atomic mass is 127. The molecule has 0 saturated carbocycles. The Hall–Kier alpha value is -1.63. The van der Waals surface area contributed by atoms with E-state index in [1.165, 1.54) is 0 Å². The van der Waals surface area contributed by atoms with Gasteiger partial charge in [0.15, 0.2) is 0 Å². The lowest BCUT2D eigenvalue weighted by atomic mass is 10.2. The number of rotatable bonds is 3. The van der Waals surface area contributed by atoms with Crippen molar-refractivity contribution in [2.45, 2.75) is 6.92 Å². The lowest BCUT2D eigenvalue weighted by molar-refractivity contribution is 0.102. The number of ether oxygens (including phenoxy) is 1. The Balaban J connectivity index is 2.13. The molecule has 0 spiro atoms. The van der Waals surface area contributed by atoms with Crippen LogP contribution >= 0.6 is 22.6 Å². The topological polar surface area (TPSA) is 51.2 Å². The number of amides is 1. The minimum Gasteiger partial charge on any atom is -0.497 e. The highest BCUT2D eigenvalue weighted by Crippen LogP contribution is 2.15. The third kappa shape index (κ3) is 3.44. The van der Waals surface area contributed by atoms with Gasteiger partial charge in [0.05, 0.1) is 12.8 Å². The van der Waals surface area contributed by atoms with Gasteiger partial charge in [0, 0.05) is 9.13 Å². The first-order chi connectivity index (χ1) is 9.10. The Bertz CT molecular complexity index is 597. The van der Waals surface area contributed by atoms with Crippen LogP contribution in [0.25, 0.3) is 0 Å². The summed E-state index contributed by atoms with van der Waals surface area (Å²) in [4.78, 5) is 16.3. The molecule has 1 amide bonds. The molecule has 0 saturated heterocycles. The van der Waals surface area contributed by atoms with E-state index in [1.54, 1.807) is 37.4 Å². The molecule has 4 nitrogen and oxygen atoms in total. The van der Waals surface area contributed by atoms with Crippen LogP contribution in [0.15, 0.2) is 36.4 Å². The first-order valence-electron chi connectivity index (χ1n) is 5.68. The average molecular weight is 368 g/mol. The van der Waals surface area contributed by atoms with Gasteiger partial charge >= 0.3 is 0 Å². The van der Waals surface area contributed by atoms with Gasteiger partial charge < -0.3 is 10.1 Å². The third-order valence-electron chi connectivity index (χ3n) is 2.62. The molecule has 0 unspecified atom stereocenters. The molecule has 0 bridgehead atoms. The number of carbonyl (C=O) groups excluding carboxylic acids is 1. The zero-order chi connectivity index (χ0) is 13.8. The van der Waals surface area contributed by atoms with Gasteiger partial charge in [0.2, 0.25) is 0 Å². The summed E-state index contributed by atoms with van der Waals surface area (Å²) in [7, 11) is 1.59. The van der Waals surface area contributed by atoms with Crippen molar-refractivity contribution >= 4 is 34.3 Å². The summed E-state index contributed by atoms with van der Waals surface area (Å²) in [6, 6.07) is 10.6. The molecule has 19 heavy (non-hydrogen) atoms. The summed E-state index contributed by atoms with van der Waals surface area (Å²) in [5, 5.41) is 2.77. The lowest BCUT2D eigenvalue weighted by Gasteiger charge is -2.06. The maximum atomic E-state index is 12.0. The van der Waals surface area contributed by atoms with Crippen LogP contribution in [0, 0.1) is 10.5 Å². The van der Waals surface area contributed by atoms with Crippen LogP contribution in [0.2, 0.25) is 0 Å². The molecular weight excluding hydrogens is 355 g/mol. The molecule has 1 aromatic carbocycles. The molecule has 0 aliphatic heterocycles. The molecule has 0 fully saturated rings. The van der Waals surface area contributed by atoms with Gasteiger partial charge in [-0.25, -0.2) is 4.98 Å². The smallest absolute Gasteiger partial charge is 0.256 e. The van der Waals surface area contributed by atoms with E-state index in [4.69, 9.17) is 4.74 Å². The van der Waals surface area contributed by atoms with Crippen LogP contribution in [-0.4, -0.2) is 18.0 Å². The number of pyridine rings is 1. The number of aryl methyl sites for hydroxylation is 1. The fraction of sp³-hybridized carbons (Fsp3) is 0.143. The van der Waals surface area contributed by atoms with E-state index in [1.807, 2.05) is 13.0 Å². The van der Waals surface area contributed by atoms with Crippen LogP contribution in [0.1, 0.15) is 16.1 Å². The van der Waals surface area contributed by atoms with Crippen molar-refractivity contribution in [3.63, 3.8) is 0 Å². The van der Waals surface area contributed by atoms with Crippen LogP contribution in [0.5, 0.6) is 5.75 Å². The van der Waals surface area contributed by atoms with Crippen molar-refractivity contribution < 1.29 is 9.53 Å². The highest BCUT2D eigenvalue weighted by molar-refractivity contribution is 14.1. The van der Waals surface area contributed by atoms with Crippen molar-refractivity contribution in [2.75, 3.05) is 12.4 Å². The molecule has 2 rings (SSSR count). The van der Waals surface area contributed by atoms with E-state index in [0.717, 1.165) is 15.0 Å². The molecule has 5 heteroatoms. The summed E-state index contributed by atoms with van der Waals surface area (Å²) in [5.74, 6) is 1.09. The van der Waals surface area contributed by atoms with E-state index >= 15 is 0 Å². The van der Waals surface area contributed by atoms with Crippen molar-refractivity contribution in [3.8, 4) is 5.75 Å². The Morgan fingerprint density at radius 1 is 1.21 bits per heavy atom. The summed E-state index contributed by atoms with van der Waals surface area (Å²) in [6.45, 7) is 1.91. The number of methoxy groups -OCH3 is 1.